The standard InChI is InChI=1S/C16H30N2/c1-14(2,3)12-9-10-11-7-8-16(6,15(11,4)5)13(10)18-17-12/h10-13,17-18H,7-9H2,1-6H3/t10?,11-,12?,13?,16-/m0/s1. The molecule has 3 fully saturated rings. The number of hydrogen-bond donors (Lipinski definition) is 2. The molecule has 5 atom stereocenters. The van der Waals surface area contributed by atoms with Crippen LogP contribution in [0.1, 0.15) is 60.8 Å². The molecule has 2 nitrogen and oxygen atoms in total. The zero-order valence-electron chi connectivity index (χ0n) is 12.9. The molecule has 0 amide bonds. The Kier molecular flexibility index (Phi) is 2.53. The van der Waals surface area contributed by atoms with Gasteiger partial charge in [-0.1, -0.05) is 41.5 Å². The third-order valence-electron chi connectivity index (χ3n) is 6.97. The summed E-state index contributed by atoms with van der Waals surface area (Å²) in [5.41, 5.74) is 8.68. The Labute approximate surface area is 112 Å². The second-order valence-electron chi connectivity index (χ2n) is 8.87. The zero-order chi connectivity index (χ0) is 13.3. The maximum atomic E-state index is 3.72. The number of nitrogens with one attached hydrogen (secondary N) is 2. The Balaban J connectivity index is 1.88. The van der Waals surface area contributed by atoms with E-state index in [0.29, 0.717) is 28.3 Å². The van der Waals surface area contributed by atoms with Crippen LogP contribution in [0.15, 0.2) is 0 Å². The first-order valence-electron chi connectivity index (χ1n) is 7.69. The van der Waals surface area contributed by atoms with Gasteiger partial charge in [0.05, 0.1) is 0 Å². The molecule has 1 saturated heterocycles. The van der Waals surface area contributed by atoms with E-state index in [1.165, 1.54) is 19.3 Å². The summed E-state index contributed by atoms with van der Waals surface area (Å²) in [4.78, 5) is 0. The first-order valence-corrected chi connectivity index (χ1v) is 7.69. The van der Waals surface area contributed by atoms with E-state index in [0.717, 1.165) is 11.8 Å². The molecule has 2 heteroatoms. The molecule has 3 rings (SSSR count). The highest BCUT2D eigenvalue weighted by Crippen LogP contribution is 2.68. The van der Waals surface area contributed by atoms with Gasteiger partial charge in [0.2, 0.25) is 0 Å². The van der Waals surface area contributed by atoms with Crippen molar-refractivity contribution in [3.63, 3.8) is 0 Å². The van der Waals surface area contributed by atoms with E-state index < -0.39 is 0 Å². The zero-order valence-corrected chi connectivity index (χ0v) is 12.9. The summed E-state index contributed by atoms with van der Waals surface area (Å²) in [6, 6.07) is 1.29. The smallest absolute Gasteiger partial charge is 0.0303 e. The lowest BCUT2D eigenvalue weighted by molar-refractivity contribution is 0.0544. The largest absolute Gasteiger partial charge is 0.254 e. The van der Waals surface area contributed by atoms with Crippen LogP contribution in [0.4, 0.5) is 0 Å². The molecular weight excluding hydrogens is 220 g/mol. The van der Waals surface area contributed by atoms with E-state index in [4.69, 9.17) is 0 Å². The minimum absolute atomic E-state index is 0.352. The Bertz CT molecular complexity index is 355. The van der Waals surface area contributed by atoms with Gasteiger partial charge < -0.3 is 0 Å². The highest BCUT2D eigenvalue weighted by Gasteiger charge is 2.67. The minimum atomic E-state index is 0.352. The van der Waals surface area contributed by atoms with E-state index in [1.807, 2.05) is 0 Å². The normalized spacial score (nSPS) is 50.3. The van der Waals surface area contributed by atoms with E-state index in [1.54, 1.807) is 0 Å². The van der Waals surface area contributed by atoms with Crippen molar-refractivity contribution in [3.8, 4) is 0 Å². The van der Waals surface area contributed by atoms with E-state index >= 15 is 0 Å². The van der Waals surface area contributed by atoms with Gasteiger partial charge in [0, 0.05) is 12.1 Å². The van der Waals surface area contributed by atoms with Gasteiger partial charge in [0.25, 0.3) is 0 Å². The van der Waals surface area contributed by atoms with Crippen molar-refractivity contribution in [3.05, 3.63) is 0 Å². The van der Waals surface area contributed by atoms with Crippen LogP contribution in [0.2, 0.25) is 0 Å². The fraction of sp³-hybridized carbons (Fsp3) is 1.00. The molecule has 0 aromatic rings. The molecule has 0 aromatic carbocycles. The fourth-order valence-electron chi connectivity index (χ4n) is 5.23. The van der Waals surface area contributed by atoms with Crippen LogP contribution in [0.5, 0.6) is 0 Å². The summed E-state index contributed by atoms with van der Waals surface area (Å²) in [5, 5.41) is 0. The molecule has 3 aliphatic rings. The lowest BCUT2D eigenvalue weighted by atomic mass is 9.68. The maximum Gasteiger partial charge on any atom is 0.0303 e. The van der Waals surface area contributed by atoms with E-state index in [-0.39, 0.29) is 0 Å². The summed E-state index contributed by atoms with van der Waals surface area (Å²) in [5.74, 6) is 1.80. The fourth-order valence-corrected chi connectivity index (χ4v) is 5.23. The third kappa shape index (κ3) is 1.42. The molecule has 3 unspecified atom stereocenters. The SMILES string of the molecule is CC(C)(C)C1CC2C(NN1)[C@]1(C)CC[C@@H]2C1(C)C. The molecular formula is C16H30N2. The molecule has 0 aromatic heterocycles. The summed E-state index contributed by atoms with van der Waals surface area (Å²) < 4.78 is 0. The Morgan fingerprint density at radius 1 is 1.06 bits per heavy atom. The van der Waals surface area contributed by atoms with Crippen molar-refractivity contribution in [2.45, 2.75) is 72.9 Å². The molecule has 1 heterocycles. The van der Waals surface area contributed by atoms with E-state index in [9.17, 15) is 0 Å². The first kappa shape index (κ1) is 12.9. The first-order chi connectivity index (χ1) is 8.18. The van der Waals surface area contributed by atoms with Crippen molar-refractivity contribution < 1.29 is 0 Å². The van der Waals surface area contributed by atoms with Gasteiger partial charge >= 0.3 is 0 Å². The number of hydrazine groups is 1. The maximum absolute atomic E-state index is 3.72. The predicted molar refractivity (Wildman–Crippen MR) is 76.0 cm³/mol. The van der Waals surface area contributed by atoms with E-state index in [2.05, 4.69) is 52.4 Å². The van der Waals surface area contributed by atoms with Crippen LogP contribution in [-0.2, 0) is 0 Å². The topological polar surface area (TPSA) is 24.1 Å². The van der Waals surface area contributed by atoms with Crippen molar-refractivity contribution >= 4 is 0 Å². The van der Waals surface area contributed by atoms with Gasteiger partial charge in [-0.2, -0.15) is 0 Å². The van der Waals surface area contributed by atoms with Crippen LogP contribution in [-0.4, -0.2) is 12.1 Å². The average Bonchev–Trinajstić information content (AvgIpc) is 2.58. The third-order valence-corrected chi connectivity index (χ3v) is 6.97. The van der Waals surface area contributed by atoms with Crippen LogP contribution >= 0.6 is 0 Å². The molecule has 18 heavy (non-hydrogen) atoms. The molecule has 104 valence electrons. The molecule has 2 aliphatic carbocycles. The van der Waals surface area contributed by atoms with Crippen LogP contribution in [0.25, 0.3) is 0 Å². The molecule has 2 saturated carbocycles. The molecule has 0 spiro atoms. The Hall–Kier alpha value is -0.0800. The van der Waals surface area contributed by atoms with Crippen LogP contribution < -0.4 is 10.9 Å². The van der Waals surface area contributed by atoms with Crippen molar-refractivity contribution in [2.75, 3.05) is 0 Å². The number of fused-ring (bicyclic) bond motifs is 5. The second kappa shape index (κ2) is 3.52. The summed E-state index contributed by atoms with van der Waals surface area (Å²) in [6.45, 7) is 14.6. The van der Waals surface area contributed by atoms with Crippen molar-refractivity contribution in [1.82, 2.24) is 10.9 Å². The highest BCUT2D eigenvalue weighted by atomic mass is 15.4. The van der Waals surface area contributed by atoms with Gasteiger partial charge in [-0.3, -0.25) is 10.9 Å². The lowest BCUT2D eigenvalue weighted by Crippen LogP contribution is -2.63. The number of hydrogen-bond acceptors (Lipinski definition) is 2. The van der Waals surface area contributed by atoms with Gasteiger partial charge in [-0.05, 0) is 47.3 Å². The average molecular weight is 250 g/mol. The van der Waals surface area contributed by atoms with Gasteiger partial charge in [0.15, 0.2) is 0 Å². The Morgan fingerprint density at radius 3 is 2.33 bits per heavy atom. The molecule has 1 aliphatic heterocycles. The summed E-state index contributed by atoms with van der Waals surface area (Å²) in [6.07, 6.45) is 4.20. The quantitative estimate of drug-likeness (QED) is 0.689. The minimum Gasteiger partial charge on any atom is -0.254 e. The summed E-state index contributed by atoms with van der Waals surface area (Å²) >= 11 is 0. The van der Waals surface area contributed by atoms with Crippen molar-refractivity contribution in [1.29, 1.82) is 0 Å². The number of rotatable bonds is 0. The molecule has 2 N–H and O–H groups in total. The predicted octanol–water partition coefficient (Wildman–Crippen LogP) is 3.34. The van der Waals surface area contributed by atoms with Crippen molar-refractivity contribution in [2.24, 2.45) is 28.1 Å². The van der Waals surface area contributed by atoms with Gasteiger partial charge in [-0.25, -0.2) is 0 Å². The monoisotopic (exact) mass is 250 g/mol. The Morgan fingerprint density at radius 2 is 1.72 bits per heavy atom. The van der Waals surface area contributed by atoms with Gasteiger partial charge in [0.1, 0.15) is 0 Å². The second-order valence-corrected chi connectivity index (χ2v) is 8.87. The molecule has 0 radical (unpaired) electrons. The van der Waals surface area contributed by atoms with Crippen LogP contribution in [0, 0.1) is 28.1 Å². The highest BCUT2D eigenvalue weighted by molar-refractivity contribution is 5.18. The van der Waals surface area contributed by atoms with Gasteiger partial charge in [-0.15, -0.1) is 0 Å². The lowest BCUT2D eigenvalue weighted by Gasteiger charge is -2.48. The molecule has 2 bridgehead atoms. The van der Waals surface area contributed by atoms with Crippen LogP contribution in [0.3, 0.4) is 0 Å². The summed E-state index contributed by atoms with van der Waals surface area (Å²) in [7, 11) is 0.